The second-order valence-corrected chi connectivity index (χ2v) is 9.29. The molecule has 0 bridgehead atoms. The number of alkyl halides is 2. The number of hydrogen-bond donors (Lipinski definition) is 1. The molecule has 26 heavy (non-hydrogen) atoms. The highest BCUT2D eigenvalue weighted by atomic mass is 32.2. The average molecular weight is 403 g/mol. The number of halogens is 2. The lowest BCUT2D eigenvalue weighted by atomic mass is 10.3. The van der Waals surface area contributed by atoms with Gasteiger partial charge in [-0.15, -0.1) is 0 Å². The Bertz CT molecular complexity index is 973. The molecule has 2 aromatic rings. The van der Waals surface area contributed by atoms with Gasteiger partial charge in [0.25, 0.3) is 0 Å². The lowest BCUT2D eigenvalue weighted by molar-refractivity contribution is -0.115. The van der Waals surface area contributed by atoms with Gasteiger partial charge in [-0.05, 0) is 36.4 Å². The van der Waals surface area contributed by atoms with Crippen molar-refractivity contribution in [2.45, 2.75) is 22.0 Å². The Morgan fingerprint density at radius 2 is 1.46 bits per heavy atom. The number of anilines is 1. The maximum atomic E-state index is 12.4. The molecule has 0 aliphatic carbocycles. The molecule has 0 radical (unpaired) electrons. The predicted molar refractivity (Wildman–Crippen MR) is 91.4 cm³/mol. The summed E-state index contributed by atoms with van der Waals surface area (Å²) in [6, 6.07) is 11.9. The first-order valence-corrected chi connectivity index (χ1v) is 10.5. The highest BCUT2D eigenvalue weighted by molar-refractivity contribution is 7.91. The first kappa shape index (κ1) is 20.0. The lowest BCUT2D eigenvalue weighted by Crippen LogP contribution is -2.17. The second-order valence-electron chi connectivity index (χ2n) is 5.26. The van der Waals surface area contributed by atoms with Gasteiger partial charge in [0, 0.05) is 12.1 Å². The van der Waals surface area contributed by atoms with Crippen molar-refractivity contribution in [2.75, 3.05) is 11.1 Å². The smallest absolute Gasteiger partial charge is 0.326 e. The number of benzene rings is 2. The first-order chi connectivity index (χ1) is 12.1. The molecule has 0 aliphatic rings. The molecule has 0 spiro atoms. The maximum Gasteiger partial charge on any atom is 0.341 e. The van der Waals surface area contributed by atoms with Crippen molar-refractivity contribution in [1.29, 1.82) is 0 Å². The summed E-state index contributed by atoms with van der Waals surface area (Å²) in [7, 11) is -8.31. The van der Waals surface area contributed by atoms with Gasteiger partial charge in [0.15, 0.2) is 9.84 Å². The fourth-order valence-corrected chi connectivity index (χ4v) is 4.01. The van der Waals surface area contributed by atoms with Crippen LogP contribution in [0.5, 0.6) is 0 Å². The minimum absolute atomic E-state index is 0.106. The van der Waals surface area contributed by atoms with E-state index in [0.29, 0.717) is 0 Å². The van der Waals surface area contributed by atoms with E-state index in [1.807, 2.05) is 0 Å². The highest BCUT2D eigenvalue weighted by Gasteiger charge is 2.26. The number of nitrogens with one attached hydrogen (secondary N) is 1. The number of hydrogen-bond acceptors (Lipinski definition) is 5. The third-order valence-corrected chi connectivity index (χ3v) is 6.53. The van der Waals surface area contributed by atoms with E-state index in [4.69, 9.17) is 0 Å². The summed E-state index contributed by atoms with van der Waals surface area (Å²) in [5.74, 6) is -4.54. The van der Waals surface area contributed by atoms with Crippen LogP contribution in [-0.2, 0) is 24.5 Å². The quantitative estimate of drug-likeness (QED) is 0.766. The predicted octanol–water partition coefficient (Wildman–Crippen LogP) is 2.49. The molecule has 10 heteroatoms. The Morgan fingerprint density at radius 1 is 0.885 bits per heavy atom. The number of sulfone groups is 2. The standard InChI is InChI=1S/C16H15F2NO5S2/c17-16(18)26(23,24)14-8-6-12(7-9-14)19-15(20)10-11-25(21,22)13-4-2-1-3-5-13/h1-9,16H,10-11H2,(H,19,20). The van der Waals surface area contributed by atoms with Crippen molar-refractivity contribution in [3.63, 3.8) is 0 Å². The van der Waals surface area contributed by atoms with E-state index < -0.39 is 42.0 Å². The molecular weight excluding hydrogens is 388 g/mol. The molecule has 0 fully saturated rings. The third-order valence-electron chi connectivity index (χ3n) is 3.40. The molecular formula is C16H15F2NO5S2. The van der Waals surface area contributed by atoms with Gasteiger partial charge in [-0.25, -0.2) is 16.8 Å². The van der Waals surface area contributed by atoms with Crippen molar-refractivity contribution in [2.24, 2.45) is 0 Å². The van der Waals surface area contributed by atoms with E-state index in [0.717, 1.165) is 24.3 Å². The zero-order valence-corrected chi connectivity index (χ0v) is 14.9. The monoisotopic (exact) mass is 403 g/mol. The topological polar surface area (TPSA) is 97.4 Å². The Balaban J connectivity index is 1.98. The van der Waals surface area contributed by atoms with E-state index in [-0.39, 0.29) is 17.0 Å². The van der Waals surface area contributed by atoms with E-state index in [9.17, 15) is 30.4 Å². The van der Waals surface area contributed by atoms with Gasteiger partial charge in [0.05, 0.1) is 15.5 Å². The molecule has 2 rings (SSSR count). The molecule has 140 valence electrons. The van der Waals surface area contributed by atoms with E-state index >= 15 is 0 Å². The van der Waals surface area contributed by atoms with Crippen LogP contribution in [0.15, 0.2) is 64.4 Å². The summed E-state index contributed by atoms with van der Waals surface area (Å²) >= 11 is 0. The minimum Gasteiger partial charge on any atom is -0.326 e. The fourth-order valence-electron chi connectivity index (χ4n) is 2.03. The minimum atomic E-state index is -4.71. The van der Waals surface area contributed by atoms with Crippen LogP contribution in [-0.4, -0.2) is 34.3 Å². The van der Waals surface area contributed by atoms with Gasteiger partial charge >= 0.3 is 5.76 Å². The summed E-state index contributed by atoms with van der Waals surface area (Å²) in [5.41, 5.74) is 0.167. The molecule has 0 heterocycles. The molecule has 2 aromatic carbocycles. The zero-order chi connectivity index (χ0) is 19.4. The van der Waals surface area contributed by atoms with Gasteiger partial charge in [-0.3, -0.25) is 4.79 Å². The molecule has 6 nitrogen and oxygen atoms in total. The van der Waals surface area contributed by atoms with Crippen LogP contribution in [0.3, 0.4) is 0 Å². The normalized spacial score (nSPS) is 12.1. The first-order valence-electron chi connectivity index (χ1n) is 7.33. The van der Waals surface area contributed by atoms with E-state index in [2.05, 4.69) is 5.32 Å². The van der Waals surface area contributed by atoms with Crippen LogP contribution in [0.2, 0.25) is 0 Å². The van der Waals surface area contributed by atoms with Crippen molar-refractivity contribution >= 4 is 31.3 Å². The third kappa shape index (κ3) is 4.85. The van der Waals surface area contributed by atoms with Crippen molar-refractivity contribution in [1.82, 2.24) is 0 Å². The number of amides is 1. The van der Waals surface area contributed by atoms with Gasteiger partial charge in [0.1, 0.15) is 0 Å². The lowest BCUT2D eigenvalue weighted by Gasteiger charge is -2.08. The van der Waals surface area contributed by atoms with Crippen molar-refractivity contribution < 1.29 is 30.4 Å². The second kappa shape index (κ2) is 7.92. The SMILES string of the molecule is O=C(CCS(=O)(=O)c1ccccc1)Nc1ccc(S(=O)(=O)C(F)F)cc1. The molecule has 0 saturated heterocycles. The largest absolute Gasteiger partial charge is 0.341 e. The van der Waals surface area contributed by atoms with Crippen LogP contribution in [0.25, 0.3) is 0 Å². The summed E-state index contributed by atoms with van der Waals surface area (Å²) in [4.78, 5) is 11.4. The van der Waals surface area contributed by atoms with Crippen molar-refractivity contribution in [3.05, 3.63) is 54.6 Å². The highest BCUT2D eigenvalue weighted by Crippen LogP contribution is 2.20. The molecule has 0 atom stereocenters. The number of carbonyl (C=O) groups excluding carboxylic acids is 1. The van der Waals surface area contributed by atoms with Gasteiger partial charge in [-0.2, -0.15) is 8.78 Å². The molecule has 0 unspecified atom stereocenters. The number of carbonyl (C=O) groups is 1. The average Bonchev–Trinajstić information content (AvgIpc) is 2.61. The fraction of sp³-hybridized carbons (Fsp3) is 0.188. The van der Waals surface area contributed by atoms with Crippen LogP contribution in [0.1, 0.15) is 6.42 Å². The molecule has 0 saturated carbocycles. The molecule has 0 aromatic heterocycles. The van der Waals surface area contributed by atoms with E-state index in [1.54, 1.807) is 18.2 Å². The van der Waals surface area contributed by atoms with Crippen LogP contribution >= 0.6 is 0 Å². The van der Waals surface area contributed by atoms with Crippen molar-refractivity contribution in [3.8, 4) is 0 Å². The van der Waals surface area contributed by atoms with Crippen LogP contribution in [0.4, 0.5) is 14.5 Å². The molecule has 0 aliphatic heterocycles. The molecule has 1 amide bonds. The van der Waals surface area contributed by atoms with Gasteiger partial charge in [-0.1, -0.05) is 18.2 Å². The Morgan fingerprint density at radius 3 is 2.00 bits per heavy atom. The van der Waals surface area contributed by atoms with Gasteiger partial charge in [0.2, 0.25) is 15.7 Å². The Labute approximate surface area is 149 Å². The summed E-state index contributed by atoms with van der Waals surface area (Å²) in [5, 5.41) is 2.39. The van der Waals surface area contributed by atoms with Crippen LogP contribution < -0.4 is 5.32 Å². The summed E-state index contributed by atoms with van der Waals surface area (Å²) in [6.45, 7) is 0. The summed E-state index contributed by atoms with van der Waals surface area (Å²) < 4.78 is 71.7. The van der Waals surface area contributed by atoms with Gasteiger partial charge < -0.3 is 5.32 Å². The van der Waals surface area contributed by atoms with E-state index in [1.165, 1.54) is 12.1 Å². The maximum absolute atomic E-state index is 12.4. The Hall–Kier alpha value is -2.33. The Kier molecular flexibility index (Phi) is 6.09. The number of rotatable bonds is 7. The molecule has 1 N–H and O–H groups in total. The van der Waals surface area contributed by atoms with Crippen LogP contribution in [0, 0.1) is 0 Å². The zero-order valence-electron chi connectivity index (χ0n) is 13.3. The summed E-state index contributed by atoms with van der Waals surface area (Å²) in [6.07, 6.45) is -0.311.